The standard InChI is InChI=1S/C12H16O2/c1-9(2)12(13)14-8-11-7-5-4-6-10(11)3/h4-7,9H,8H2,1-3H3. The van der Waals surface area contributed by atoms with Crippen LogP contribution >= 0.6 is 0 Å². The molecule has 1 rings (SSSR count). The van der Waals surface area contributed by atoms with Crippen LogP contribution in [0.4, 0.5) is 0 Å². The van der Waals surface area contributed by atoms with Crippen LogP contribution in [0.1, 0.15) is 25.0 Å². The molecule has 0 aliphatic heterocycles. The fourth-order valence-electron chi connectivity index (χ4n) is 1.09. The molecule has 0 unspecified atom stereocenters. The summed E-state index contributed by atoms with van der Waals surface area (Å²) < 4.78 is 5.13. The van der Waals surface area contributed by atoms with Gasteiger partial charge in [0.2, 0.25) is 0 Å². The maximum Gasteiger partial charge on any atom is 0.308 e. The number of ether oxygens (including phenoxy) is 1. The highest BCUT2D eigenvalue weighted by molar-refractivity contribution is 5.71. The lowest BCUT2D eigenvalue weighted by atomic mass is 10.1. The summed E-state index contributed by atoms with van der Waals surface area (Å²) >= 11 is 0. The van der Waals surface area contributed by atoms with Gasteiger partial charge in [-0.2, -0.15) is 0 Å². The quantitative estimate of drug-likeness (QED) is 0.688. The number of benzene rings is 1. The van der Waals surface area contributed by atoms with Crippen molar-refractivity contribution >= 4 is 5.97 Å². The highest BCUT2D eigenvalue weighted by atomic mass is 16.5. The van der Waals surface area contributed by atoms with E-state index < -0.39 is 0 Å². The molecule has 0 saturated heterocycles. The van der Waals surface area contributed by atoms with E-state index in [1.165, 1.54) is 0 Å². The highest BCUT2D eigenvalue weighted by Crippen LogP contribution is 2.09. The molecule has 0 N–H and O–H groups in total. The van der Waals surface area contributed by atoms with Crippen molar-refractivity contribution in [1.82, 2.24) is 0 Å². The van der Waals surface area contributed by atoms with E-state index >= 15 is 0 Å². The van der Waals surface area contributed by atoms with Crippen molar-refractivity contribution in [2.75, 3.05) is 0 Å². The van der Waals surface area contributed by atoms with Crippen molar-refractivity contribution in [3.05, 3.63) is 35.4 Å². The maximum atomic E-state index is 11.2. The highest BCUT2D eigenvalue weighted by Gasteiger charge is 2.08. The molecular formula is C12H16O2. The number of esters is 1. The normalized spacial score (nSPS) is 10.3. The molecule has 1 aromatic carbocycles. The molecule has 0 atom stereocenters. The summed E-state index contributed by atoms with van der Waals surface area (Å²) in [6.45, 7) is 6.06. The van der Waals surface area contributed by atoms with Crippen LogP contribution in [-0.4, -0.2) is 5.97 Å². The van der Waals surface area contributed by atoms with E-state index in [0.717, 1.165) is 11.1 Å². The van der Waals surface area contributed by atoms with Crippen molar-refractivity contribution in [3.63, 3.8) is 0 Å². The van der Waals surface area contributed by atoms with E-state index in [1.54, 1.807) is 0 Å². The van der Waals surface area contributed by atoms with Crippen LogP contribution in [0.15, 0.2) is 24.3 Å². The summed E-state index contributed by atoms with van der Waals surface area (Å²) in [5, 5.41) is 0. The second-order valence-electron chi connectivity index (χ2n) is 3.69. The molecular weight excluding hydrogens is 176 g/mol. The molecule has 0 bridgehead atoms. The minimum Gasteiger partial charge on any atom is -0.461 e. The fourth-order valence-corrected chi connectivity index (χ4v) is 1.09. The molecule has 0 fully saturated rings. The maximum absolute atomic E-state index is 11.2. The van der Waals surface area contributed by atoms with Crippen LogP contribution in [0, 0.1) is 12.8 Å². The number of hydrogen-bond acceptors (Lipinski definition) is 2. The third kappa shape index (κ3) is 2.87. The second kappa shape index (κ2) is 4.80. The van der Waals surface area contributed by atoms with E-state index in [4.69, 9.17) is 4.74 Å². The lowest BCUT2D eigenvalue weighted by molar-refractivity contribution is -0.148. The second-order valence-corrected chi connectivity index (χ2v) is 3.69. The number of rotatable bonds is 3. The minimum atomic E-state index is -0.145. The van der Waals surface area contributed by atoms with Gasteiger partial charge in [-0.3, -0.25) is 4.79 Å². The van der Waals surface area contributed by atoms with Gasteiger partial charge in [0.1, 0.15) is 6.61 Å². The molecule has 0 aromatic heterocycles. The first kappa shape index (κ1) is 10.8. The third-order valence-corrected chi connectivity index (χ3v) is 2.10. The number of hydrogen-bond donors (Lipinski definition) is 0. The van der Waals surface area contributed by atoms with Gasteiger partial charge in [0.15, 0.2) is 0 Å². The van der Waals surface area contributed by atoms with Crippen molar-refractivity contribution in [2.45, 2.75) is 27.4 Å². The molecule has 14 heavy (non-hydrogen) atoms. The molecule has 1 aromatic rings. The SMILES string of the molecule is Cc1ccccc1COC(=O)C(C)C. The van der Waals surface area contributed by atoms with Gasteiger partial charge in [-0.25, -0.2) is 0 Å². The molecule has 0 heterocycles. The van der Waals surface area contributed by atoms with Gasteiger partial charge in [0.05, 0.1) is 5.92 Å². The zero-order chi connectivity index (χ0) is 10.6. The molecule has 0 aliphatic rings. The van der Waals surface area contributed by atoms with Crippen LogP contribution in [0.2, 0.25) is 0 Å². The topological polar surface area (TPSA) is 26.3 Å². The summed E-state index contributed by atoms with van der Waals surface area (Å²) in [5.41, 5.74) is 2.23. The number of carbonyl (C=O) groups is 1. The Labute approximate surface area is 84.9 Å². The zero-order valence-electron chi connectivity index (χ0n) is 8.91. The van der Waals surface area contributed by atoms with Gasteiger partial charge in [-0.05, 0) is 18.1 Å². The van der Waals surface area contributed by atoms with Crippen LogP contribution in [0.5, 0.6) is 0 Å². The predicted molar refractivity (Wildman–Crippen MR) is 55.8 cm³/mol. The average Bonchev–Trinajstić information content (AvgIpc) is 2.16. The third-order valence-electron chi connectivity index (χ3n) is 2.10. The Morgan fingerprint density at radius 2 is 2.00 bits per heavy atom. The Morgan fingerprint density at radius 1 is 1.36 bits per heavy atom. The minimum absolute atomic E-state index is 0.0565. The summed E-state index contributed by atoms with van der Waals surface area (Å²) in [7, 11) is 0. The van der Waals surface area contributed by atoms with Gasteiger partial charge >= 0.3 is 5.97 Å². The summed E-state index contributed by atoms with van der Waals surface area (Å²) in [4.78, 5) is 11.2. The Balaban J connectivity index is 2.54. The lowest BCUT2D eigenvalue weighted by Gasteiger charge is -2.08. The first-order valence-corrected chi connectivity index (χ1v) is 4.82. The van der Waals surface area contributed by atoms with E-state index in [1.807, 2.05) is 45.0 Å². The van der Waals surface area contributed by atoms with Gasteiger partial charge in [0, 0.05) is 0 Å². The molecule has 0 amide bonds. The number of aryl methyl sites for hydroxylation is 1. The van der Waals surface area contributed by atoms with Crippen LogP contribution < -0.4 is 0 Å². The van der Waals surface area contributed by atoms with Gasteiger partial charge in [-0.1, -0.05) is 38.1 Å². The van der Waals surface area contributed by atoms with Crippen molar-refractivity contribution in [3.8, 4) is 0 Å². The van der Waals surface area contributed by atoms with Crippen molar-refractivity contribution in [1.29, 1.82) is 0 Å². The van der Waals surface area contributed by atoms with Gasteiger partial charge < -0.3 is 4.74 Å². The van der Waals surface area contributed by atoms with E-state index in [0.29, 0.717) is 6.61 Å². The smallest absolute Gasteiger partial charge is 0.308 e. The van der Waals surface area contributed by atoms with E-state index in [9.17, 15) is 4.79 Å². The monoisotopic (exact) mass is 192 g/mol. The molecule has 76 valence electrons. The first-order chi connectivity index (χ1) is 6.61. The van der Waals surface area contributed by atoms with Crippen LogP contribution in [0.3, 0.4) is 0 Å². The van der Waals surface area contributed by atoms with Gasteiger partial charge in [0.25, 0.3) is 0 Å². The van der Waals surface area contributed by atoms with Crippen LogP contribution in [0.25, 0.3) is 0 Å². The summed E-state index contributed by atoms with van der Waals surface area (Å²) in [6.07, 6.45) is 0. The van der Waals surface area contributed by atoms with Crippen molar-refractivity contribution in [2.24, 2.45) is 5.92 Å². The Bertz CT molecular complexity index is 316. The first-order valence-electron chi connectivity index (χ1n) is 4.82. The van der Waals surface area contributed by atoms with Crippen LogP contribution in [-0.2, 0) is 16.1 Å². The van der Waals surface area contributed by atoms with E-state index in [-0.39, 0.29) is 11.9 Å². The lowest BCUT2D eigenvalue weighted by Crippen LogP contribution is -2.11. The van der Waals surface area contributed by atoms with Crippen molar-refractivity contribution < 1.29 is 9.53 Å². The fraction of sp³-hybridized carbons (Fsp3) is 0.417. The Morgan fingerprint density at radius 3 is 2.57 bits per heavy atom. The average molecular weight is 192 g/mol. The summed E-state index contributed by atoms with van der Waals surface area (Å²) in [6, 6.07) is 7.91. The molecule has 2 heteroatoms. The number of carbonyl (C=O) groups excluding carboxylic acids is 1. The Hall–Kier alpha value is -1.31. The summed E-state index contributed by atoms with van der Waals surface area (Å²) in [5.74, 6) is -0.202. The van der Waals surface area contributed by atoms with Gasteiger partial charge in [-0.15, -0.1) is 0 Å². The predicted octanol–water partition coefficient (Wildman–Crippen LogP) is 2.69. The molecule has 0 saturated carbocycles. The molecule has 0 aliphatic carbocycles. The van der Waals surface area contributed by atoms with E-state index in [2.05, 4.69) is 0 Å². The largest absolute Gasteiger partial charge is 0.461 e. The molecule has 0 radical (unpaired) electrons. The zero-order valence-corrected chi connectivity index (χ0v) is 8.91. The molecule has 0 spiro atoms. The Kier molecular flexibility index (Phi) is 3.69. The molecule has 2 nitrogen and oxygen atoms in total.